The van der Waals surface area contributed by atoms with Crippen molar-refractivity contribution in [2.75, 3.05) is 57.5 Å². The summed E-state index contributed by atoms with van der Waals surface area (Å²) in [4.78, 5) is 8.38. The number of nitrogens with one attached hydrogen (secondary N) is 1. The Balaban J connectivity index is 1.19. The first kappa shape index (κ1) is 25.7. The number of nitriles is 1. The van der Waals surface area contributed by atoms with Gasteiger partial charge < -0.3 is 24.1 Å². The molecule has 1 N–H and O–H groups in total. The predicted molar refractivity (Wildman–Crippen MR) is 153 cm³/mol. The molecule has 1 atom stereocenters. The molecule has 3 aliphatic heterocycles. The van der Waals surface area contributed by atoms with E-state index in [1.807, 2.05) is 19.1 Å². The molecule has 0 radical (unpaired) electrons. The second-order valence-electron chi connectivity index (χ2n) is 10.6. The largest absolute Gasteiger partial charge is 0.488 e. The Bertz CT molecular complexity index is 1380. The van der Waals surface area contributed by atoms with Crippen molar-refractivity contribution in [1.82, 2.24) is 9.88 Å². The van der Waals surface area contributed by atoms with Crippen LogP contribution in [0, 0.1) is 18.3 Å². The van der Waals surface area contributed by atoms with Crippen LogP contribution in [-0.2, 0) is 9.47 Å². The van der Waals surface area contributed by atoms with E-state index in [0.717, 1.165) is 92.7 Å². The molecule has 7 heteroatoms. The molecule has 0 unspecified atom stereocenters. The minimum Gasteiger partial charge on any atom is -0.488 e. The summed E-state index contributed by atoms with van der Waals surface area (Å²) in [5, 5.41) is 9.96. The van der Waals surface area contributed by atoms with Crippen LogP contribution in [0.3, 0.4) is 0 Å². The molecule has 0 spiro atoms. The number of allylic oxidation sites excluding steroid dienone is 1. The highest BCUT2D eigenvalue weighted by molar-refractivity contribution is 5.84. The molecular formula is C32H36N4O3. The van der Waals surface area contributed by atoms with Crippen molar-refractivity contribution >= 4 is 11.3 Å². The first-order valence-electron chi connectivity index (χ1n) is 14.0. The minimum atomic E-state index is 0.105. The van der Waals surface area contributed by atoms with E-state index < -0.39 is 0 Å². The number of hydrogen-bond acceptors (Lipinski definition) is 6. The quantitative estimate of drug-likeness (QED) is 0.469. The van der Waals surface area contributed by atoms with Gasteiger partial charge in [0.25, 0.3) is 0 Å². The zero-order chi connectivity index (χ0) is 26.8. The number of ether oxygens (including phenoxy) is 3. The second-order valence-corrected chi connectivity index (χ2v) is 10.6. The smallest absolute Gasteiger partial charge is 0.137 e. The van der Waals surface area contributed by atoms with E-state index >= 15 is 0 Å². The van der Waals surface area contributed by atoms with Gasteiger partial charge in [0, 0.05) is 48.8 Å². The third kappa shape index (κ3) is 5.33. The number of aromatic nitrogens is 1. The van der Waals surface area contributed by atoms with E-state index in [4.69, 9.17) is 14.2 Å². The molecule has 7 nitrogen and oxygen atoms in total. The summed E-state index contributed by atoms with van der Waals surface area (Å²) in [7, 11) is 0. The lowest BCUT2D eigenvalue weighted by Crippen LogP contribution is -2.48. The van der Waals surface area contributed by atoms with E-state index in [-0.39, 0.29) is 6.10 Å². The summed E-state index contributed by atoms with van der Waals surface area (Å²) < 4.78 is 17.1. The monoisotopic (exact) mass is 524 g/mol. The lowest BCUT2D eigenvalue weighted by Gasteiger charge is -2.34. The molecule has 3 fully saturated rings. The molecule has 0 bridgehead atoms. The molecule has 3 saturated heterocycles. The third-order valence-corrected chi connectivity index (χ3v) is 8.17. The fourth-order valence-corrected chi connectivity index (χ4v) is 5.83. The molecule has 2 aromatic carbocycles. The Labute approximate surface area is 230 Å². The van der Waals surface area contributed by atoms with Crippen molar-refractivity contribution in [3.63, 3.8) is 0 Å². The van der Waals surface area contributed by atoms with Crippen molar-refractivity contribution in [2.45, 2.75) is 32.4 Å². The number of aromatic amines is 1. The lowest BCUT2D eigenvalue weighted by molar-refractivity contribution is -0.0592. The molecule has 39 heavy (non-hydrogen) atoms. The number of nitrogens with zero attached hydrogens (tertiary/aromatic N) is 3. The fourth-order valence-electron chi connectivity index (χ4n) is 5.83. The van der Waals surface area contributed by atoms with Crippen molar-refractivity contribution in [2.24, 2.45) is 0 Å². The van der Waals surface area contributed by atoms with Gasteiger partial charge in [0.15, 0.2) is 0 Å². The van der Waals surface area contributed by atoms with Crippen molar-refractivity contribution in [3.05, 3.63) is 77.0 Å². The maximum atomic E-state index is 9.96. The van der Waals surface area contributed by atoms with E-state index in [1.165, 1.54) is 5.69 Å². The summed E-state index contributed by atoms with van der Waals surface area (Å²) in [5.74, 6) is 0.667. The minimum absolute atomic E-state index is 0.105. The van der Waals surface area contributed by atoms with Crippen LogP contribution in [0.15, 0.2) is 54.6 Å². The van der Waals surface area contributed by atoms with Gasteiger partial charge in [-0.15, -0.1) is 0 Å². The highest BCUT2D eigenvalue weighted by Gasteiger charge is 2.33. The Morgan fingerprint density at radius 1 is 1.05 bits per heavy atom. The lowest BCUT2D eigenvalue weighted by atomic mass is 9.96. The van der Waals surface area contributed by atoms with Gasteiger partial charge in [-0.05, 0) is 67.3 Å². The Kier molecular flexibility index (Phi) is 7.43. The Morgan fingerprint density at radius 3 is 2.54 bits per heavy atom. The van der Waals surface area contributed by atoms with Gasteiger partial charge in [-0.3, -0.25) is 4.90 Å². The topological polar surface area (TPSA) is 73.8 Å². The van der Waals surface area contributed by atoms with Gasteiger partial charge in [0.1, 0.15) is 17.9 Å². The number of aryl methyl sites for hydroxylation is 1. The second kappa shape index (κ2) is 11.3. The van der Waals surface area contributed by atoms with E-state index in [0.29, 0.717) is 17.4 Å². The number of morpholine rings is 1. The maximum Gasteiger partial charge on any atom is 0.137 e. The van der Waals surface area contributed by atoms with Gasteiger partial charge in [-0.2, -0.15) is 5.26 Å². The predicted octanol–water partition coefficient (Wildman–Crippen LogP) is 5.00. The van der Waals surface area contributed by atoms with Crippen LogP contribution in [0.4, 0.5) is 5.69 Å². The normalized spacial score (nSPS) is 20.6. The summed E-state index contributed by atoms with van der Waals surface area (Å²) in [6.45, 7) is 11.1. The van der Waals surface area contributed by atoms with E-state index in [9.17, 15) is 5.26 Å². The standard InChI is InChI=1S/C32H36N4O3/c1-3-29(24-6-9-32(25(16-24)18-33)39-28-10-11-36(19-28)27-20-38-21-27)30-17-31(34-22(30)2)23-4-7-26(8-5-23)35-12-14-37-15-13-35/h3-9,16-17,27-28,34H,10-15,19-21H2,1-2H3/b29-3-/t28-/m1/s1. The van der Waals surface area contributed by atoms with Crippen molar-refractivity contribution < 1.29 is 14.2 Å². The number of H-pyrrole nitrogens is 1. The first-order valence-corrected chi connectivity index (χ1v) is 14.0. The number of benzene rings is 2. The first-order chi connectivity index (χ1) is 19.1. The van der Waals surface area contributed by atoms with Crippen LogP contribution < -0.4 is 9.64 Å². The van der Waals surface area contributed by atoms with Crippen LogP contribution in [-0.4, -0.2) is 74.6 Å². The molecule has 4 heterocycles. The molecule has 6 rings (SSSR count). The number of hydrogen-bond donors (Lipinski definition) is 1. The Morgan fingerprint density at radius 2 is 1.85 bits per heavy atom. The van der Waals surface area contributed by atoms with Gasteiger partial charge in [0.2, 0.25) is 0 Å². The zero-order valence-corrected chi connectivity index (χ0v) is 22.8. The van der Waals surface area contributed by atoms with E-state index in [1.54, 1.807) is 0 Å². The van der Waals surface area contributed by atoms with Crippen molar-refractivity contribution in [1.29, 1.82) is 5.26 Å². The average Bonchev–Trinajstić information content (AvgIpc) is 3.56. The van der Waals surface area contributed by atoms with Crippen LogP contribution >= 0.6 is 0 Å². The molecular weight excluding hydrogens is 488 g/mol. The fraction of sp³-hybridized carbons (Fsp3) is 0.406. The van der Waals surface area contributed by atoms with Gasteiger partial charge in [0.05, 0.1) is 38.0 Å². The van der Waals surface area contributed by atoms with Gasteiger partial charge >= 0.3 is 0 Å². The summed E-state index contributed by atoms with van der Waals surface area (Å²) >= 11 is 0. The summed E-state index contributed by atoms with van der Waals surface area (Å²) in [6, 6.07) is 19.8. The molecule has 0 saturated carbocycles. The van der Waals surface area contributed by atoms with Crippen LogP contribution in [0.1, 0.15) is 35.7 Å². The zero-order valence-electron chi connectivity index (χ0n) is 22.8. The SMILES string of the molecule is C/C=C(/c1ccc(O[C@@H]2CCN(C3COC3)C2)c(C#N)c1)c1cc(-c2ccc(N3CCOCC3)cc2)[nH]c1C. The molecule has 3 aromatic rings. The molecule has 3 aliphatic rings. The molecule has 1 aromatic heterocycles. The number of rotatable bonds is 7. The summed E-state index contributed by atoms with van der Waals surface area (Å²) in [6.07, 6.45) is 3.20. The van der Waals surface area contributed by atoms with Crippen LogP contribution in [0.5, 0.6) is 5.75 Å². The molecule has 202 valence electrons. The van der Waals surface area contributed by atoms with E-state index in [2.05, 4.69) is 70.3 Å². The number of anilines is 1. The molecule has 0 aliphatic carbocycles. The van der Waals surface area contributed by atoms with Crippen molar-refractivity contribution in [3.8, 4) is 23.1 Å². The third-order valence-electron chi connectivity index (χ3n) is 8.17. The van der Waals surface area contributed by atoms with Crippen LogP contribution in [0.2, 0.25) is 0 Å². The van der Waals surface area contributed by atoms with Gasteiger partial charge in [-0.25, -0.2) is 0 Å². The van der Waals surface area contributed by atoms with Gasteiger partial charge in [-0.1, -0.05) is 24.3 Å². The number of likely N-dealkylation sites (tertiary alicyclic amines) is 1. The maximum absolute atomic E-state index is 9.96. The summed E-state index contributed by atoms with van der Waals surface area (Å²) in [5.41, 5.74) is 8.38. The van der Waals surface area contributed by atoms with Crippen LogP contribution in [0.25, 0.3) is 16.8 Å². The average molecular weight is 525 g/mol. The molecule has 0 amide bonds. The Hall–Kier alpha value is -3.57. The highest BCUT2D eigenvalue weighted by atomic mass is 16.5. The highest BCUT2D eigenvalue weighted by Crippen LogP contribution is 2.34.